The molecule has 2 aliphatic carbocycles. The van der Waals surface area contributed by atoms with E-state index >= 15 is 0 Å². The molecule has 2 aromatic heterocycles. The lowest BCUT2D eigenvalue weighted by Crippen LogP contribution is -2.30. The van der Waals surface area contributed by atoms with Crippen LogP contribution in [0.3, 0.4) is 0 Å². The summed E-state index contributed by atoms with van der Waals surface area (Å²) in [5.41, 5.74) is 3.84. The lowest BCUT2D eigenvalue weighted by molar-refractivity contribution is 0.0936. The van der Waals surface area contributed by atoms with E-state index in [4.69, 9.17) is 0 Å². The highest BCUT2D eigenvalue weighted by Gasteiger charge is 2.26. The molecule has 0 fully saturated rings. The van der Waals surface area contributed by atoms with Crippen molar-refractivity contribution < 1.29 is 4.79 Å². The second-order valence-electron chi connectivity index (χ2n) is 6.00. The maximum atomic E-state index is 12.5. The minimum absolute atomic E-state index is 0.0797. The molecule has 0 saturated carbocycles. The average molecular weight is 301 g/mol. The predicted molar refractivity (Wildman–Crippen MR) is 82.7 cm³/mol. The number of carbonyl (C=O) groups excluding carboxylic acids is 1. The van der Waals surface area contributed by atoms with Crippen molar-refractivity contribution in [3.05, 3.63) is 38.8 Å². The van der Waals surface area contributed by atoms with Crippen molar-refractivity contribution in [1.29, 1.82) is 0 Å². The van der Waals surface area contributed by atoms with Gasteiger partial charge >= 0.3 is 0 Å². The zero-order valence-electron chi connectivity index (χ0n) is 12.2. The van der Waals surface area contributed by atoms with Crippen LogP contribution in [0.15, 0.2) is 12.3 Å². The first-order chi connectivity index (χ1) is 10.2. The molecule has 1 atom stereocenters. The van der Waals surface area contributed by atoms with Crippen molar-refractivity contribution in [3.8, 4) is 0 Å². The first-order valence-corrected chi connectivity index (χ1v) is 8.47. The van der Waals surface area contributed by atoms with Crippen LogP contribution in [0, 0.1) is 0 Å². The minimum Gasteiger partial charge on any atom is -0.344 e. The lowest BCUT2D eigenvalue weighted by atomic mass is 9.93. The number of aromatic nitrogens is 2. The first-order valence-electron chi connectivity index (χ1n) is 7.65. The molecule has 2 aliphatic rings. The van der Waals surface area contributed by atoms with E-state index in [0.717, 1.165) is 37.0 Å². The van der Waals surface area contributed by atoms with Gasteiger partial charge in [-0.3, -0.25) is 9.48 Å². The molecular formula is C16H19N3OS. The van der Waals surface area contributed by atoms with Gasteiger partial charge in [0.15, 0.2) is 0 Å². The van der Waals surface area contributed by atoms with Crippen molar-refractivity contribution >= 4 is 17.2 Å². The van der Waals surface area contributed by atoms with E-state index in [2.05, 4.69) is 16.5 Å². The van der Waals surface area contributed by atoms with Gasteiger partial charge in [-0.05, 0) is 50.2 Å². The van der Waals surface area contributed by atoms with Crippen LogP contribution in [0.25, 0.3) is 0 Å². The lowest BCUT2D eigenvalue weighted by Gasteiger charge is -2.23. The zero-order chi connectivity index (χ0) is 14.4. The average Bonchev–Trinajstić information content (AvgIpc) is 3.14. The Morgan fingerprint density at radius 1 is 1.38 bits per heavy atom. The molecule has 4 rings (SSSR count). The molecule has 0 bridgehead atoms. The highest BCUT2D eigenvalue weighted by Crippen LogP contribution is 2.32. The summed E-state index contributed by atoms with van der Waals surface area (Å²) >= 11 is 1.67. The Hall–Kier alpha value is -1.62. The number of nitrogens with zero attached hydrogens (tertiary/aromatic N) is 2. The quantitative estimate of drug-likeness (QED) is 0.927. The zero-order valence-corrected chi connectivity index (χ0v) is 13.0. The van der Waals surface area contributed by atoms with Gasteiger partial charge in [0.05, 0.1) is 17.1 Å². The van der Waals surface area contributed by atoms with Crippen LogP contribution in [0.5, 0.6) is 0 Å². The van der Waals surface area contributed by atoms with E-state index in [1.807, 2.05) is 17.9 Å². The molecule has 0 aromatic carbocycles. The maximum Gasteiger partial charge on any atom is 0.261 e. The van der Waals surface area contributed by atoms with Crippen LogP contribution in [0.1, 0.15) is 56.7 Å². The second-order valence-corrected chi connectivity index (χ2v) is 7.14. The van der Waals surface area contributed by atoms with Crippen LogP contribution < -0.4 is 5.32 Å². The van der Waals surface area contributed by atoms with E-state index in [-0.39, 0.29) is 11.9 Å². The van der Waals surface area contributed by atoms with Gasteiger partial charge in [-0.15, -0.1) is 11.3 Å². The van der Waals surface area contributed by atoms with Crippen LogP contribution in [0.4, 0.5) is 0 Å². The summed E-state index contributed by atoms with van der Waals surface area (Å²) in [6.07, 6.45) is 8.61. The molecule has 0 spiro atoms. The fraction of sp³-hybridized carbons (Fsp3) is 0.500. The van der Waals surface area contributed by atoms with Gasteiger partial charge in [0.2, 0.25) is 0 Å². The predicted octanol–water partition coefficient (Wildman–Crippen LogP) is 2.78. The third-order valence-corrected chi connectivity index (χ3v) is 5.89. The number of carbonyl (C=O) groups is 1. The fourth-order valence-corrected chi connectivity index (χ4v) is 4.68. The molecular weight excluding hydrogens is 282 g/mol. The molecule has 0 saturated heterocycles. The highest BCUT2D eigenvalue weighted by atomic mass is 32.1. The summed E-state index contributed by atoms with van der Waals surface area (Å²) in [4.78, 5) is 14.8. The summed E-state index contributed by atoms with van der Waals surface area (Å²) in [6.45, 7) is 0. The number of hydrogen-bond donors (Lipinski definition) is 1. The summed E-state index contributed by atoms with van der Waals surface area (Å²) in [5.74, 6) is 0.0797. The van der Waals surface area contributed by atoms with E-state index in [1.54, 1.807) is 11.3 Å². The summed E-state index contributed by atoms with van der Waals surface area (Å²) in [5, 5.41) is 7.55. The number of thiophene rings is 1. The third kappa shape index (κ3) is 2.20. The third-order valence-electron chi connectivity index (χ3n) is 4.65. The van der Waals surface area contributed by atoms with Crippen LogP contribution >= 0.6 is 11.3 Å². The number of rotatable bonds is 2. The number of hydrogen-bond acceptors (Lipinski definition) is 3. The summed E-state index contributed by atoms with van der Waals surface area (Å²) in [7, 11) is 1.98. The van der Waals surface area contributed by atoms with E-state index in [0.29, 0.717) is 0 Å². The van der Waals surface area contributed by atoms with Crippen molar-refractivity contribution in [2.75, 3.05) is 0 Å². The molecule has 1 amide bonds. The highest BCUT2D eigenvalue weighted by molar-refractivity contribution is 7.14. The number of aryl methyl sites for hydroxylation is 3. The molecule has 0 aliphatic heterocycles. The van der Waals surface area contributed by atoms with Gasteiger partial charge in [0.1, 0.15) is 0 Å². The Bertz CT molecular complexity index is 679. The summed E-state index contributed by atoms with van der Waals surface area (Å²) < 4.78 is 1.94. The van der Waals surface area contributed by atoms with Gasteiger partial charge in [-0.2, -0.15) is 5.10 Å². The van der Waals surface area contributed by atoms with E-state index in [1.165, 1.54) is 28.1 Å². The van der Waals surface area contributed by atoms with Crippen molar-refractivity contribution in [1.82, 2.24) is 15.1 Å². The van der Waals surface area contributed by atoms with Gasteiger partial charge in [-0.1, -0.05) is 0 Å². The SMILES string of the molecule is Cn1ncc2c1CCC[C@H]2NC(=O)c1cc2c(s1)CCC2. The molecule has 0 unspecified atom stereocenters. The van der Waals surface area contributed by atoms with Crippen LogP contribution in [-0.2, 0) is 26.3 Å². The molecule has 1 N–H and O–H groups in total. The molecule has 2 aromatic rings. The van der Waals surface area contributed by atoms with Crippen LogP contribution in [0.2, 0.25) is 0 Å². The Morgan fingerprint density at radius 3 is 3.14 bits per heavy atom. The normalized spacial score (nSPS) is 20.1. The topological polar surface area (TPSA) is 46.9 Å². The van der Waals surface area contributed by atoms with Crippen molar-refractivity contribution in [2.24, 2.45) is 7.05 Å². The standard InChI is InChI=1S/C16H19N3OS/c1-19-13-6-3-5-12(11(13)9-17-19)18-16(20)15-8-10-4-2-7-14(10)21-15/h8-9,12H,2-7H2,1H3,(H,18,20)/t12-/m1/s1. The van der Waals surface area contributed by atoms with E-state index < -0.39 is 0 Å². The second kappa shape index (κ2) is 4.98. The van der Waals surface area contributed by atoms with Gasteiger partial charge in [0.25, 0.3) is 5.91 Å². The van der Waals surface area contributed by atoms with E-state index in [9.17, 15) is 4.79 Å². The Kier molecular flexibility index (Phi) is 3.10. The Balaban J connectivity index is 1.54. The largest absolute Gasteiger partial charge is 0.344 e. The smallest absolute Gasteiger partial charge is 0.261 e. The maximum absolute atomic E-state index is 12.5. The molecule has 0 radical (unpaired) electrons. The Labute approximate surface area is 128 Å². The monoisotopic (exact) mass is 301 g/mol. The van der Waals surface area contributed by atoms with Crippen LogP contribution in [-0.4, -0.2) is 15.7 Å². The van der Waals surface area contributed by atoms with Gasteiger partial charge in [-0.25, -0.2) is 0 Å². The van der Waals surface area contributed by atoms with Crippen molar-refractivity contribution in [2.45, 2.75) is 44.6 Å². The van der Waals surface area contributed by atoms with Crippen molar-refractivity contribution in [3.63, 3.8) is 0 Å². The first kappa shape index (κ1) is 13.1. The van der Waals surface area contributed by atoms with Gasteiger partial charge < -0.3 is 5.32 Å². The summed E-state index contributed by atoms with van der Waals surface area (Å²) in [6, 6.07) is 2.21. The number of nitrogens with one attached hydrogen (secondary N) is 1. The molecule has 4 nitrogen and oxygen atoms in total. The molecule has 5 heteroatoms. The molecule has 21 heavy (non-hydrogen) atoms. The number of amides is 1. The number of fused-ring (bicyclic) bond motifs is 2. The molecule has 110 valence electrons. The fourth-order valence-electron chi connectivity index (χ4n) is 3.53. The Morgan fingerprint density at radius 2 is 2.29 bits per heavy atom. The van der Waals surface area contributed by atoms with Gasteiger partial charge in [0, 0.05) is 23.2 Å². The minimum atomic E-state index is 0.0797. The molecule has 2 heterocycles.